The van der Waals surface area contributed by atoms with Gasteiger partial charge in [0.1, 0.15) is 17.4 Å². The van der Waals surface area contributed by atoms with Gasteiger partial charge in [-0.3, -0.25) is 4.79 Å². The number of hydrogen-bond acceptors (Lipinski definition) is 5. The zero-order valence-electron chi connectivity index (χ0n) is 14.5. The minimum absolute atomic E-state index is 0.0427. The molecule has 0 unspecified atom stereocenters. The van der Waals surface area contributed by atoms with Gasteiger partial charge in [-0.1, -0.05) is 12.1 Å². The molecule has 0 spiro atoms. The molecule has 0 aliphatic rings. The molecule has 7 heteroatoms. The van der Waals surface area contributed by atoms with E-state index in [2.05, 4.69) is 27.9 Å². The number of carbonyl (C=O) groups is 1. The number of rotatable bonds is 6. The zero-order chi connectivity index (χ0) is 19.1. The van der Waals surface area contributed by atoms with E-state index < -0.39 is 5.91 Å². The van der Waals surface area contributed by atoms with Crippen LogP contribution < -0.4 is 19.5 Å². The number of nitriles is 1. The minimum Gasteiger partial charge on any atom is -0.495 e. The Morgan fingerprint density at radius 3 is 2.42 bits per heavy atom. The van der Waals surface area contributed by atoms with Gasteiger partial charge in [0.25, 0.3) is 5.91 Å². The highest BCUT2D eigenvalue weighted by Crippen LogP contribution is 2.34. The molecule has 1 N–H and O–H groups in total. The third kappa shape index (κ3) is 4.46. The van der Waals surface area contributed by atoms with Crippen molar-refractivity contribution < 1.29 is 19.0 Å². The predicted octanol–water partition coefficient (Wildman–Crippen LogP) is 3.86. The molecule has 0 radical (unpaired) electrons. The molecule has 2 rings (SSSR count). The summed E-state index contributed by atoms with van der Waals surface area (Å²) < 4.78 is 16.6. The summed E-state index contributed by atoms with van der Waals surface area (Å²) in [6.45, 7) is 0. The summed E-state index contributed by atoms with van der Waals surface area (Å²) in [5, 5.41) is 12.1. The largest absolute Gasteiger partial charge is 0.495 e. The first-order valence-electron chi connectivity index (χ1n) is 7.51. The summed E-state index contributed by atoms with van der Waals surface area (Å²) in [7, 11) is 4.59. The second-order valence-corrected chi connectivity index (χ2v) is 6.22. The minimum atomic E-state index is -0.526. The number of nitrogens with one attached hydrogen (secondary N) is 1. The van der Waals surface area contributed by atoms with E-state index in [1.807, 2.05) is 6.07 Å². The number of anilines is 1. The summed E-state index contributed by atoms with van der Waals surface area (Å²) in [5.41, 5.74) is 1.10. The third-order valence-electron chi connectivity index (χ3n) is 3.49. The maximum Gasteiger partial charge on any atom is 0.266 e. The van der Waals surface area contributed by atoms with Crippen molar-refractivity contribution in [2.45, 2.75) is 0 Å². The Kier molecular flexibility index (Phi) is 6.86. The van der Waals surface area contributed by atoms with Gasteiger partial charge in [0.15, 0.2) is 11.5 Å². The lowest BCUT2D eigenvalue weighted by atomic mass is 10.1. The average molecular weight is 464 g/mol. The zero-order valence-corrected chi connectivity index (χ0v) is 16.7. The van der Waals surface area contributed by atoms with Crippen LogP contribution in [0.3, 0.4) is 0 Å². The molecule has 1 amide bonds. The molecule has 0 bridgehead atoms. The van der Waals surface area contributed by atoms with E-state index >= 15 is 0 Å². The Labute approximate surface area is 165 Å². The molecular weight excluding hydrogens is 447 g/mol. The maximum atomic E-state index is 12.5. The highest BCUT2D eigenvalue weighted by atomic mass is 127. The van der Waals surface area contributed by atoms with Crippen LogP contribution in [0.5, 0.6) is 17.2 Å². The first kappa shape index (κ1) is 19.6. The highest BCUT2D eigenvalue weighted by Gasteiger charge is 2.14. The molecule has 0 saturated carbocycles. The number of ether oxygens (including phenoxy) is 3. The van der Waals surface area contributed by atoms with Gasteiger partial charge in [-0.05, 0) is 58.5 Å². The van der Waals surface area contributed by atoms with Crippen molar-refractivity contribution in [3.8, 4) is 23.3 Å². The fourth-order valence-corrected chi connectivity index (χ4v) is 3.12. The molecule has 2 aromatic carbocycles. The Balaban J connectivity index is 2.34. The van der Waals surface area contributed by atoms with Crippen molar-refractivity contribution in [2.75, 3.05) is 26.6 Å². The number of benzene rings is 2. The Morgan fingerprint density at radius 2 is 1.81 bits per heavy atom. The van der Waals surface area contributed by atoms with Crippen molar-refractivity contribution in [1.82, 2.24) is 0 Å². The van der Waals surface area contributed by atoms with Gasteiger partial charge >= 0.3 is 0 Å². The smallest absolute Gasteiger partial charge is 0.266 e. The summed E-state index contributed by atoms with van der Waals surface area (Å²) in [6.07, 6.45) is 1.49. The molecule has 26 heavy (non-hydrogen) atoms. The molecular formula is C19H17IN2O4. The van der Waals surface area contributed by atoms with Gasteiger partial charge in [0.05, 0.1) is 30.6 Å². The van der Waals surface area contributed by atoms with E-state index in [4.69, 9.17) is 14.2 Å². The topological polar surface area (TPSA) is 80.6 Å². The van der Waals surface area contributed by atoms with Gasteiger partial charge in [-0.15, -0.1) is 0 Å². The highest BCUT2D eigenvalue weighted by molar-refractivity contribution is 14.1. The quantitative estimate of drug-likeness (QED) is 0.399. The summed E-state index contributed by atoms with van der Waals surface area (Å²) >= 11 is 2.10. The van der Waals surface area contributed by atoms with E-state index in [1.165, 1.54) is 20.3 Å². The van der Waals surface area contributed by atoms with Crippen molar-refractivity contribution in [3.05, 3.63) is 51.1 Å². The summed E-state index contributed by atoms with van der Waals surface area (Å²) in [6, 6.07) is 12.4. The van der Waals surface area contributed by atoms with E-state index in [-0.39, 0.29) is 5.57 Å². The van der Waals surface area contributed by atoms with Crippen LogP contribution in [0.1, 0.15) is 5.56 Å². The number of carbonyl (C=O) groups excluding carboxylic acids is 1. The predicted molar refractivity (Wildman–Crippen MR) is 107 cm³/mol. The van der Waals surface area contributed by atoms with Gasteiger partial charge in [0.2, 0.25) is 0 Å². The first-order chi connectivity index (χ1) is 12.5. The standard InChI is InChI=1S/C19H17IN2O4/c1-24-16-7-5-4-6-15(16)22-19(23)13(11-21)8-12-9-14(20)18(26-3)17(10-12)25-2/h4-10H,1-3H3,(H,22,23)/b13-8+. The number of methoxy groups -OCH3 is 3. The number of nitrogens with zero attached hydrogens (tertiary/aromatic N) is 1. The van der Waals surface area contributed by atoms with Crippen LogP contribution in [-0.2, 0) is 4.79 Å². The third-order valence-corrected chi connectivity index (χ3v) is 4.29. The van der Waals surface area contributed by atoms with Crippen LogP contribution in [0.25, 0.3) is 6.08 Å². The van der Waals surface area contributed by atoms with Crippen LogP contribution in [0, 0.1) is 14.9 Å². The first-order valence-corrected chi connectivity index (χ1v) is 8.59. The normalized spacial score (nSPS) is 10.7. The second kappa shape index (κ2) is 9.10. The van der Waals surface area contributed by atoms with Crippen LogP contribution in [0.4, 0.5) is 5.69 Å². The van der Waals surface area contributed by atoms with Crippen molar-refractivity contribution >= 4 is 40.3 Å². The van der Waals surface area contributed by atoms with E-state index in [0.29, 0.717) is 28.5 Å². The summed E-state index contributed by atoms with van der Waals surface area (Å²) in [5.74, 6) is 1.11. The van der Waals surface area contributed by atoms with E-state index in [1.54, 1.807) is 43.5 Å². The monoisotopic (exact) mass is 464 g/mol. The maximum absolute atomic E-state index is 12.5. The molecule has 2 aromatic rings. The molecule has 0 fully saturated rings. The van der Waals surface area contributed by atoms with Crippen LogP contribution in [0.15, 0.2) is 42.0 Å². The molecule has 0 aromatic heterocycles. The van der Waals surface area contributed by atoms with Gasteiger partial charge in [-0.25, -0.2) is 0 Å². The van der Waals surface area contributed by atoms with Gasteiger partial charge in [0, 0.05) is 0 Å². The van der Waals surface area contributed by atoms with Crippen LogP contribution in [-0.4, -0.2) is 27.2 Å². The lowest BCUT2D eigenvalue weighted by molar-refractivity contribution is -0.112. The van der Waals surface area contributed by atoms with Gasteiger partial charge < -0.3 is 19.5 Å². The molecule has 134 valence electrons. The fourth-order valence-electron chi connectivity index (χ4n) is 2.27. The Bertz CT molecular complexity index is 888. The van der Waals surface area contributed by atoms with E-state index in [9.17, 15) is 10.1 Å². The molecule has 0 aliphatic carbocycles. The van der Waals surface area contributed by atoms with Crippen LogP contribution >= 0.6 is 22.6 Å². The van der Waals surface area contributed by atoms with Crippen molar-refractivity contribution in [2.24, 2.45) is 0 Å². The molecule has 6 nitrogen and oxygen atoms in total. The number of hydrogen-bond donors (Lipinski definition) is 1. The van der Waals surface area contributed by atoms with Crippen molar-refractivity contribution in [1.29, 1.82) is 5.26 Å². The Morgan fingerprint density at radius 1 is 1.12 bits per heavy atom. The van der Waals surface area contributed by atoms with E-state index in [0.717, 1.165) is 3.57 Å². The number of para-hydroxylation sites is 2. The lowest BCUT2D eigenvalue weighted by Gasteiger charge is -2.11. The number of halogens is 1. The summed E-state index contributed by atoms with van der Waals surface area (Å²) in [4.78, 5) is 12.5. The van der Waals surface area contributed by atoms with Crippen molar-refractivity contribution in [3.63, 3.8) is 0 Å². The molecule has 0 aliphatic heterocycles. The average Bonchev–Trinajstić information content (AvgIpc) is 2.65. The Hall–Kier alpha value is -2.73. The number of amides is 1. The second-order valence-electron chi connectivity index (χ2n) is 5.06. The lowest BCUT2D eigenvalue weighted by Crippen LogP contribution is -2.14. The van der Waals surface area contributed by atoms with Gasteiger partial charge in [-0.2, -0.15) is 5.26 Å². The molecule has 0 atom stereocenters. The van der Waals surface area contributed by atoms with Crippen LogP contribution in [0.2, 0.25) is 0 Å². The SMILES string of the molecule is COc1ccccc1NC(=O)/C(C#N)=C/c1cc(I)c(OC)c(OC)c1. The molecule has 0 heterocycles. The molecule has 0 saturated heterocycles. The fraction of sp³-hybridized carbons (Fsp3) is 0.158.